The number of nitrogens with one attached hydrogen (secondary N) is 1. The van der Waals surface area contributed by atoms with Crippen molar-refractivity contribution in [3.63, 3.8) is 0 Å². The molecule has 1 atom stereocenters. The van der Waals surface area contributed by atoms with Crippen LogP contribution in [0.1, 0.15) is 22.0 Å². The molecule has 1 unspecified atom stereocenters. The number of hydrogen-bond donors (Lipinski definition) is 2. The van der Waals surface area contributed by atoms with Crippen molar-refractivity contribution in [2.45, 2.75) is 19.2 Å². The van der Waals surface area contributed by atoms with Crippen LogP contribution in [0.15, 0.2) is 30.3 Å². The van der Waals surface area contributed by atoms with Crippen LogP contribution in [0, 0.1) is 12.7 Å². The molecule has 0 radical (unpaired) electrons. The van der Waals surface area contributed by atoms with Crippen LogP contribution in [0.25, 0.3) is 0 Å². The summed E-state index contributed by atoms with van der Waals surface area (Å²) in [5.41, 5.74) is -0.652. The van der Waals surface area contributed by atoms with E-state index in [4.69, 9.17) is 9.84 Å². The predicted molar refractivity (Wildman–Crippen MR) is 82.6 cm³/mol. The van der Waals surface area contributed by atoms with Gasteiger partial charge in [-0.1, -0.05) is 0 Å². The Morgan fingerprint density at radius 2 is 1.85 bits per heavy atom. The van der Waals surface area contributed by atoms with Crippen molar-refractivity contribution in [3.8, 4) is 5.75 Å². The van der Waals surface area contributed by atoms with E-state index in [0.29, 0.717) is 0 Å². The minimum absolute atomic E-state index is 0.0373. The molecule has 0 aliphatic rings. The summed E-state index contributed by atoms with van der Waals surface area (Å²) in [5.74, 6) is -4.46. The first kappa shape index (κ1) is 20.1. The Morgan fingerprint density at radius 1 is 1.22 bits per heavy atom. The standard InChI is InChI=1S/C16H13F4N3O4/c1-8-6-11(23-15(22-8)16(18,19)20)13(24)21-7-12(14(25)26)27-10-4-2-9(17)3-5-10/h2-6,12H,7H2,1H3,(H,21,24)(H,25,26). The molecule has 1 amide bonds. The van der Waals surface area contributed by atoms with Crippen LogP contribution in [-0.2, 0) is 11.0 Å². The number of carbonyl (C=O) groups excluding carboxylic acids is 1. The van der Waals surface area contributed by atoms with Crippen LogP contribution >= 0.6 is 0 Å². The number of aryl methyl sites for hydroxylation is 1. The number of hydrogen-bond acceptors (Lipinski definition) is 5. The Morgan fingerprint density at radius 3 is 2.41 bits per heavy atom. The van der Waals surface area contributed by atoms with E-state index in [9.17, 15) is 27.2 Å². The Hall–Kier alpha value is -3.24. The van der Waals surface area contributed by atoms with Gasteiger partial charge in [0, 0.05) is 5.69 Å². The lowest BCUT2D eigenvalue weighted by atomic mass is 10.3. The van der Waals surface area contributed by atoms with Crippen molar-refractivity contribution in [3.05, 3.63) is 53.4 Å². The number of ether oxygens (including phenoxy) is 1. The third-order valence-electron chi connectivity index (χ3n) is 3.16. The molecule has 0 aliphatic carbocycles. The predicted octanol–water partition coefficient (Wildman–Crippen LogP) is 2.20. The summed E-state index contributed by atoms with van der Waals surface area (Å²) in [6.45, 7) is 0.696. The molecular formula is C16H13F4N3O4. The Balaban J connectivity index is 2.09. The molecule has 2 aromatic rings. The quantitative estimate of drug-likeness (QED) is 0.737. The van der Waals surface area contributed by atoms with E-state index in [-0.39, 0.29) is 11.4 Å². The molecule has 2 N–H and O–H groups in total. The maximum absolute atomic E-state index is 12.9. The van der Waals surface area contributed by atoms with E-state index in [1.807, 2.05) is 0 Å². The lowest BCUT2D eigenvalue weighted by molar-refractivity contribution is -0.145. The van der Waals surface area contributed by atoms with E-state index in [1.165, 1.54) is 19.1 Å². The zero-order valence-corrected chi connectivity index (χ0v) is 13.7. The number of nitrogens with zero attached hydrogens (tertiary/aromatic N) is 2. The van der Waals surface area contributed by atoms with Gasteiger partial charge in [0.05, 0.1) is 6.54 Å². The average Bonchev–Trinajstić information content (AvgIpc) is 2.58. The highest BCUT2D eigenvalue weighted by atomic mass is 19.4. The van der Waals surface area contributed by atoms with Gasteiger partial charge in [0.25, 0.3) is 5.91 Å². The number of amides is 1. The largest absolute Gasteiger partial charge is 0.478 e. The molecule has 0 bridgehead atoms. The van der Waals surface area contributed by atoms with Crippen molar-refractivity contribution < 1.29 is 37.0 Å². The molecule has 0 saturated carbocycles. The van der Waals surface area contributed by atoms with Gasteiger partial charge in [0.2, 0.25) is 11.9 Å². The molecule has 0 spiro atoms. The third-order valence-corrected chi connectivity index (χ3v) is 3.16. The minimum Gasteiger partial charge on any atom is -0.478 e. The Kier molecular flexibility index (Phi) is 5.93. The summed E-state index contributed by atoms with van der Waals surface area (Å²) in [5, 5.41) is 11.3. The maximum Gasteiger partial charge on any atom is 0.451 e. The van der Waals surface area contributed by atoms with E-state index in [0.717, 1.165) is 18.2 Å². The van der Waals surface area contributed by atoms with Gasteiger partial charge in [-0.15, -0.1) is 0 Å². The SMILES string of the molecule is Cc1cc(C(=O)NCC(Oc2ccc(F)cc2)C(=O)O)nc(C(F)(F)F)n1. The number of rotatable bonds is 6. The monoisotopic (exact) mass is 387 g/mol. The summed E-state index contributed by atoms with van der Waals surface area (Å²) in [7, 11) is 0. The fourth-order valence-electron chi connectivity index (χ4n) is 1.94. The van der Waals surface area contributed by atoms with E-state index in [2.05, 4.69) is 15.3 Å². The van der Waals surface area contributed by atoms with Crippen molar-refractivity contribution in [2.75, 3.05) is 6.54 Å². The van der Waals surface area contributed by atoms with Crippen LogP contribution in [0.3, 0.4) is 0 Å². The number of aromatic nitrogens is 2. The summed E-state index contributed by atoms with van der Waals surface area (Å²) in [6.07, 6.45) is -6.39. The first-order chi connectivity index (χ1) is 12.6. The molecule has 11 heteroatoms. The van der Waals surface area contributed by atoms with Gasteiger partial charge in [0.1, 0.15) is 17.3 Å². The molecule has 2 rings (SSSR count). The first-order valence-electron chi connectivity index (χ1n) is 7.42. The van der Waals surface area contributed by atoms with Gasteiger partial charge in [-0.25, -0.2) is 19.2 Å². The Bertz CT molecular complexity index is 841. The van der Waals surface area contributed by atoms with Gasteiger partial charge in [-0.05, 0) is 37.3 Å². The zero-order valence-electron chi connectivity index (χ0n) is 13.7. The number of carboxylic acids is 1. The second-order valence-corrected chi connectivity index (χ2v) is 5.32. The molecule has 0 fully saturated rings. The average molecular weight is 387 g/mol. The van der Waals surface area contributed by atoms with Crippen molar-refractivity contribution in [1.82, 2.24) is 15.3 Å². The highest BCUT2D eigenvalue weighted by molar-refractivity contribution is 5.92. The second-order valence-electron chi connectivity index (χ2n) is 5.32. The van der Waals surface area contributed by atoms with Crippen LogP contribution in [0.4, 0.5) is 17.6 Å². The van der Waals surface area contributed by atoms with Crippen LogP contribution in [0.5, 0.6) is 5.75 Å². The number of aliphatic carboxylic acids is 1. The molecular weight excluding hydrogens is 374 g/mol. The van der Waals surface area contributed by atoms with Gasteiger partial charge >= 0.3 is 12.1 Å². The van der Waals surface area contributed by atoms with Gasteiger partial charge < -0.3 is 15.2 Å². The van der Waals surface area contributed by atoms with Crippen LogP contribution < -0.4 is 10.1 Å². The summed E-state index contributed by atoms with van der Waals surface area (Å²) in [4.78, 5) is 29.6. The van der Waals surface area contributed by atoms with Gasteiger partial charge in [0.15, 0.2) is 0 Å². The van der Waals surface area contributed by atoms with E-state index >= 15 is 0 Å². The number of benzene rings is 1. The number of carboxylic acid groups (broad SMARTS) is 1. The summed E-state index contributed by atoms with van der Waals surface area (Å²) >= 11 is 0. The molecule has 144 valence electrons. The molecule has 1 aromatic carbocycles. The molecule has 27 heavy (non-hydrogen) atoms. The van der Waals surface area contributed by atoms with Crippen LogP contribution in [-0.4, -0.2) is 39.6 Å². The van der Waals surface area contributed by atoms with Crippen molar-refractivity contribution in [1.29, 1.82) is 0 Å². The molecule has 0 saturated heterocycles. The number of carbonyl (C=O) groups is 2. The summed E-state index contributed by atoms with van der Waals surface area (Å²) in [6, 6.07) is 5.51. The van der Waals surface area contributed by atoms with Gasteiger partial charge in [-0.3, -0.25) is 4.79 Å². The molecule has 1 heterocycles. The van der Waals surface area contributed by atoms with E-state index < -0.39 is 48.0 Å². The highest BCUT2D eigenvalue weighted by Gasteiger charge is 2.35. The zero-order chi connectivity index (χ0) is 20.2. The third kappa shape index (κ3) is 5.62. The number of alkyl halides is 3. The smallest absolute Gasteiger partial charge is 0.451 e. The fraction of sp³-hybridized carbons (Fsp3) is 0.250. The molecule has 1 aromatic heterocycles. The molecule has 0 aliphatic heterocycles. The van der Waals surface area contributed by atoms with E-state index in [1.54, 1.807) is 0 Å². The topological polar surface area (TPSA) is 101 Å². The lowest BCUT2D eigenvalue weighted by Crippen LogP contribution is -2.40. The van der Waals surface area contributed by atoms with Gasteiger partial charge in [-0.2, -0.15) is 13.2 Å². The van der Waals surface area contributed by atoms with Crippen molar-refractivity contribution in [2.24, 2.45) is 0 Å². The first-order valence-corrected chi connectivity index (χ1v) is 7.42. The van der Waals surface area contributed by atoms with Crippen LogP contribution in [0.2, 0.25) is 0 Å². The Labute approximate surface area is 150 Å². The minimum atomic E-state index is -4.84. The van der Waals surface area contributed by atoms with Crippen molar-refractivity contribution >= 4 is 11.9 Å². The molecule has 7 nitrogen and oxygen atoms in total. The lowest BCUT2D eigenvalue weighted by Gasteiger charge is -2.16. The number of halogens is 4. The maximum atomic E-state index is 12.9. The fourth-order valence-corrected chi connectivity index (χ4v) is 1.94. The summed E-state index contributed by atoms with van der Waals surface area (Å²) < 4.78 is 56.1. The highest BCUT2D eigenvalue weighted by Crippen LogP contribution is 2.26. The normalized spacial score (nSPS) is 12.3. The second kappa shape index (κ2) is 7.98.